The molecule has 1 aliphatic heterocycles. The second-order valence-electron chi connectivity index (χ2n) is 5.73. The summed E-state index contributed by atoms with van der Waals surface area (Å²) in [7, 11) is 0. The van der Waals surface area contributed by atoms with Gasteiger partial charge in [-0.3, -0.25) is 4.79 Å². The summed E-state index contributed by atoms with van der Waals surface area (Å²) in [5.41, 5.74) is -0.640. The van der Waals surface area contributed by atoms with Gasteiger partial charge in [0, 0.05) is 5.92 Å². The van der Waals surface area contributed by atoms with Gasteiger partial charge >= 0.3 is 0 Å². The third-order valence-electron chi connectivity index (χ3n) is 3.94. The first-order valence-corrected chi connectivity index (χ1v) is 6.95. The predicted octanol–water partition coefficient (Wildman–Crippen LogP) is 2.43. The van der Waals surface area contributed by atoms with Gasteiger partial charge in [0.05, 0.1) is 13.1 Å². The Hall–Kier alpha value is -0.570. The van der Waals surface area contributed by atoms with Crippen molar-refractivity contribution in [2.24, 2.45) is 11.8 Å². The lowest BCUT2D eigenvalue weighted by Crippen LogP contribution is -2.66. The maximum atomic E-state index is 12.2. The molecule has 17 heavy (non-hydrogen) atoms. The molecule has 1 saturated heterocycles. The zero-order valence-electron chi connectivity index (χ0n) is 11.7. The Morgan fingerprint density at radius 1 is 1.24 bits per heavy atom. The lowest BCUT2D eigenvalue weighted by molar-refractivity contribution is -0.168. The number of β-amino-alcohol motifs (C(OH)–C–C–N with tert-alkyl or cyclic N) is 1. The van der Waals surface area contributed by atoms with Crippen molar-refractivity contribution in [3.8, 4) is 0 Å². The molecule has 1 amide bonds. The maximum Gasteiger partial charge on any atom is 0.225 e. The summed E-state index contributed by atoms with van der Waals surface area (Å²) in [6, 6.07) is 0. The zero-order chi connectivity index (χ0) is 13.1. The predicted molar refractivity (Wildman–Crippen MR) is 69.7 cm³/mol. The van der Waals surface area contributed by atoms with E-state index >= 15 is 0 Å². The largest absolute Gasteiger partial charge is 0.386 e. The minimum Gasteiger partial charge on any atom is -0.386 e. The highest BCUT2D eigenvalue weighted by Crippen LogP contribution is 2.31. The lowest BCUT2D eigenvalue weighted by atomic mass is 9.81. The molecule has 3 nitrogen and oxygen atoms in total. The molecular weight excluding hydrogens is 214 g/mol. The van der Waals surface area contributed by atoms with Crippen molar-refractivity contribution in [2.75, 3.05) is 13.1 Å². The summed E-state index contributed by atoms with van der Waals surface area (Å²) in [6.07, 6.45) is 4.06. The summed E-state index contributed by atoms with van der Waals surface area (Å²) in [5.74, 6) is 0.642. The van der Waals surface area contributed by atoms with Gasteiger partial charge in [-0.2, -0.15) is 0 Å². The van der Waals surface area contributed by atoms with E-state index in [1.54, 1.807) is 0 Å². The quantitative estimate of drug-likeness (QED) is 0.776. The van der Waals surface area contributed by atoms with Crippen LogP contribution in [0.3, 0.4) is 0 Å². The van der Waals surface area contributed by atoms with Crippen LogP contribution in [0, 0.1) is 11.8 Å². The second-order valence-corrected chi connectivity index (χ2v) is 5.73. The number of carbonyl (C=O) groups is 1. The summed E-state index contributed by atoms with van der Waals surface area (Å²) in [4.78, 5) is 14.1. The second kappa shape index (κ2) is 5.85. The van der Waals surface area contributed by atoms with Gasteiger partial charge in [-0.1, -0.05) is 40.5 Å². The molecule has 1 rings (SSSR count). The van der Waals surface area contributed by atoms with E-state index in [4.69, 9.17) is 0 Å². The normalized spacial score (nSPS) is 18.6. The number of likely N-dealkylation sites (tertiary alicyclic amines) is 1. The molecule has 0 spiro atoms. The molecule has 0 saturated carbocycles. The summed E-state index contributed by atoms with van der Waals surface area (Å²) in [5, 5.41) is 10.2. The van der Waals surface area contributed by atoms with E-state index in [1.807, 2.05) is 18.7 Å². The average Bonchev–Trinajstić information content (AvgIpc) is 2.23. The van der Waals surface area contributed by atoms with Gasteiger partial charge in [0.15, 0.2) is 0 Å². The van der Waals surface area contributed by atoms with Crippen molar-refractivity contribution < 1.29 is 9.90 Å². The fourth-order valence-corrected chi connectivity index (χ4v) is 2.48. The number of carbonyl (C=O) groups excluding carboxylic acids is 1. The highest BCUT2D eigenvalue weighted by Gasteiger charge is 2.46. The van der Waals surface area contributed by atoms with E-state index < -0.39 is 5.60 Å². The van der Waals surface area contributed by atoms with Crippen molar-refractivity contribution >= 4 is 5.91 Å². The molecule has 1 fully saturated rings. The molecular formula is C14H27NO2. The van der Waals surface area contributed by atoms with Crippen molar-refractivity contribution in [1.82, 2.24) is 4.90 Å². The fourth-order valence-electron chi connectivity index (χ4n) is 2.48. The first-order chi connectivity index (χ1) is 7.94. The first kappa shape index (κ1) is 14.5. The van der Waals surface area contributed by atoms with Crippen molar-refractivity contribution in [3.05, 3.63) is 0 Å². The maximum absolute atomic E-state index is 12.2. The van der Waals surface area contributed by atoms with Gasteiger partial charge in [0.25, 0.3) is 0 Å². The standard InChI is InChI=1S/C14H27NO2/c1-5-7-12(8-6-2)13(16)15-9-14(17,10-15)11(3)4/h11-12,17H,5-10H2,1-4H3. The van der Waals surface area contributed by atoms with Crippen LogP contribution in [0.1, 0.15) is 53.4 Å². The smallest absolute Gasteiger partial charge is 0.225 e. The van der Waals surface area contributed by atoms with E-state index in [0.717, 1.165) is 25.7 Å². The van der Waals surface area contributed by atoms with Gasteiger partial charge in [-0.05, 0) is 18.8 Å². The molecule has 0 aromatic carbocycles. The van der Waals surface area contributed by atoms with Crippen LogP contribution in [0.25, 0.3) is 0 Å². The van der Waals surface area contributed by atoms with Crippen LogP contribution in [-0.4, -0.2) is 34.6 Å². The van der Waals surface area contributed by atoms with Crippen LogP contribution in [0.15, 0.2) is 0 Å². The van der Waals surface area contributed by atoms with Gasteiger partial charge in [-0.25, -0.2) is 0 Å². The minimum atomic E-state index is -0.640. The first-order valence-electron chi connectivity index (χ1n) is 6.95. The van der Waals surface area contributed by atoms with Gasteiger partial charge in [0.1, 0.15) is 5.60 Å². The lowest BCUT2D eigenvalue weighted by Gasteiger charge is -2.50. The van der Waals surface area contributed by atoms with Gasteiger partial charge in [-0.15, -0.1) is 0 Å². The number of amides is 1. The third-order valence-corrected chi connectivity index (χ3v) is 3.94. The molecule has 1 N–H and O–H groups in total. The molecule has 0 aliphatic carbocycles. The summed E-state index contributed by atoms with van der Waals surface area (Å²) < 4.78 is 0. The summed E-state index contributed by atoms with van der Waals surface area (Å²) in [6.45, 7) is 9.31. The van der Waals surface area contributed by atoms with Crippen molar-refractivity contribution in [3.63, 3.8) is 0 Å². The van der Waals surface area contributed by atoms with Crippen LogP contribution < -0.4 is 0 Å². The molecule has 100 valence electrons. The van der Waals surface area contributed by atoms with E-state index in [9.17, 15) is 9.90 Å². The Kier molecular flexibility index (Phi) is 4.99. The van der Waals surface area contributed by atoms with E-state index in [2.05, 4.69) is 13.8 Å². The zero-order valence-corrected chi connectivity index (χ0v) is 11.7. The number of rotatable bonds is 6. The Balaban J connectivity index is 2.49. The van der Waals surface area contributed by atoms with Crippen LogP contribution in [0.4, 0.5) is 0 Å². The summed E-state index contributed by atoms with van der Waals surface area (Å²) >= 11 is 0. The fraction of sp³-hybridized carbons (Fsp3) is 0.929. The average molecular weight is 241 g/mol. The van der Waals surface area contributed by atoms with E-state index in [-0.39, 0.29) is 17.7 Å². The molecule has 0 aromatic heterocycles. The Morgan fingerprint density at radius 2 is 1.71 bits per heavy atom. The van der Waals surface area contributed by atoms with Crippen LogP contribution in [0.5, 0.6) is 0 Å². The highest BCUT2D eigenvalue weighted by molar-refractivity contribution is 5.80. The molecule has 0 atom stereocenters. The Bertz CT molecular complexity index is 251. The van der Waals surface area contributed by atoms with E-state index in [1.165, 1.54) is 0 Å². The third kappa shape index (κ3) is 3.21. The Labute approximate surface area is 105 Å². The molecule has 0 unspecified atom stereocenters. The highest BCUT2D eigenvalue weighted by atomic mass is 16.3. The number of aliphatic hydroxyl groups is 1. The topological polar surface area (TPSA) is 40.5 Å². The number of hydrogen-bond acceptors (Lipinski definition) is 2. The van der Waals surface area contributed by atoms with Gasteiger partial charge in [0.2, 0.25) is 5.91 Å². The number of nitrogens with zero attached hydrogens (tertiary/aromatic N) is 1. The van der Waals surface area contributed by atoms with Crippen LogP contribution in [-0.2, 0) is 4.79 Å². The van der Waals surface area contributed by atoms with Crippen molar-refractivity contribution in [1.29, 1.82) is 0 Å². The monoisotopic (exact) mass is 241 g/mol. The minimum absolute atomic E-state index is 0.168. The van der Waals surface area contributed by atoms with Gasteiger partial charge < -0.3 is 10.0 Å². The SMILES string of the molecule is CCCC(CCC)C(=O)N1CC(O)(C(C)C)C1. The molecule has 0 radical (unpaired) electrons. The van der Waals surface area contributed by atoms with Crippen LogP contribution >= 0.6 is 0 Å². The van der Waals surface area contributed by atoms with Crippen LogP contribution in [0.2, 0.25) is 0 Å². The van der Waals surface area contributed by atoms with E-state index in [0.29, 0.717) is 13.1 Å². The number of hydrogen-bond donors (Lipinski definition) is 1. The van der Waals surface area contributed by atoms with Crippen molar-refractivity contribution in [2.45, 2.75) is 59.0 Å². The molecule has 0 aromatic rings. The Morgan fingerprint density at radius 3 is 2.06 bits per heavy atom. The molecule has 3 heteroatoms. The molecule has 1 heterocycles. The molecule has 0 bridgehead atoms. The molecule has 1 aliphatic rings.